The van der Waals surface area contributed by atoms with Gasteiger partial charge in [-0.25, -0.2) is 14.1 Å². The Bertz CT molecular complexity index is 1000. The summed E-state index contributed by atoms with van der Waals surface area (Å²) in [4.78, 5) is 20.3. The van der Waals surface area contributed by atoms with Gasteiger partial charge in [-0.1, -0.05) is 6.07 Å². The minimum Gasteiger partial charge on any atom is -0.393 e. The first kappa shape index (κ1) is 17.5. The second-order valence-corrected chi connectivity index (χ2v) is 8.45. The van der Waals surface area contributed by atoms with Crippen LogP contribution in [0.15, 0.2) is 41.8 Å². The molecule has 0 spiro atoms. The highest BCUT2D eigenvalue weighted by molar-refractivity contribution is 7.13. The van der Waals surface area contributed by atoms with Crippen LogP contribution in [0.4, 0.5) is 4.39 Å². The molecule has 6 nitrogen and oxygen atoms in total. The molecule has 144 valence electrons. The lowest BCUT2D eigenvalue weighted by atomic mass is 9.98. The summed E-state index contributed by atoms with van der Waals surface area (Å²) in [6, 6.07) is 9.79. The van der Waals surface area contributed by atoms with Crippen molar-refractivity contribution in [2.24, 2.45) is 11.8 Å². The number of fused-ring (bicyclic) bond motifs is 2. The lowest BCUT2D eigenvalue weighted by molar-refractivity contribution is 0.0593. The van der Waals surface area contributed by atoms with Crippen molar-refractivity contribution in [3.05, 3.63) is 53.4 Å². The van der Waals surface area contributed by atoms with Crippen LogP contribution in [0, 0.1) is 17.7 Å². The lowest BCUT2D eigenvalue weighted by Gasteiger charge is -2.31. The molecular formula is C20H19FN4O2S. The van der Waals surface area contributed by atoms with Crippen molar-refractivity contribution in [2.75, 3.05) is 13.1 Å². The predicted molar refractivity (Wildman–Crippen MR) is 103 cm³/mol. The van der Waals surface area contributed by atoms with Crippen LogP contribution in [0.25, 0.3) is 16.4 Å². The second-order valence-electron chi connectivity index (χ2n) is 7.50. The van der Waals surface area contributed by atoms with Crippen LogP contribution >= 0.6 is 11.3 Å². The Hall–Kier alpha value is -2.58. The zero-order valence-corrected chi connectivity index (χ0v) is 15.8. The molecule has 28 heavy (non-hydrogen) atoms. The number of piperidine rings is 1. The van der Waals surface area contributed by atoms with Crippen LogP contribution in [0.2, 0.25) is 0 Å². The van der Waals surface area contributed by atoms with Gasteiger partial charge in [0.1, 0.15) is 5.82 Å². The molecule has 1 saturated heterocycles. The molecule has 1 saturated carbocycles. The molecule has 3 aromatic rings. The van der Waals surface area contributed by atoms with Gasteiger partial charge in [-0.2, -0.15) is 0 Å². The standard InChI is InChI=1S/C20H19FN4O2S/c21-14-3-5-15(6-4-14)25-19(17-2-1-7-28-17)22-18(23-25)20(27)24-10-12-8-13(11-24)16(26)9-12/h1-7,12-13,16,26H,8-11H2. The SMILES string of the molecule is O=C(c1nc(-c2cccs2)n(-c2ccc(F)cc2)n1)N1CC2CC(O)C(C2)C1. The molecule has 1 aromatic carbocycles. The minimum absolute atomic E-state index is 0.128. The molecule has 2 aromatic heterocycles. The maximum atomic E-state index is 13.3. The summed E-state index contributed by atoms with van der Waals surface area (Å²) in [7, 11) is 0. The van der Waals surface area contributed by atoms with Crippen molar-refractivity contribution in [3.63, 3.8) is 0 Å². The van der Waals surface area contributed by atoms with Crippen molar-refractivity contribution in [2.45, 2.75) is 18.9 Å². The van der Waals surface area contributed by atoms with Crippen LogP contribution in [-0.2, 0) is 0 Å². The number of thiophene rings is 1. The van der Waals surface area contributed by atoms with Gasteiger partial charge in [-0.3, -0.25) is 4.79 Å². The minimum atomic E-state index is -0.333. The molecule has 2 bridgehead atoms. The van der Waals surface area contributed by atoms with E-state index < -0.39 is 0 Å². The van der Waals surface area contributed by atoms with Gasteiger partial charge in [0, 0.05) is 19.0 Å². The van der Waals surface area contributed by atoms with E-state index in [4.69, 9.17) is 0 Å². The van der Waals surface area contributed by atoms with Gasteiger partial charge >= 0.3 is 0 Å². The van der Waals surface area contributed by atoms with Crippen molar-refractivity contribution < 1.29 is 14.3 Å². The molecule has 1 N–H and O–H groups in total. The number of halogens is 1. The summed E-state index contributed by atoms with van der Waals surface area (Å²) < 4.78 is 14.9. The maximum Gasteiger partial charge on any atom is 0.293 e. The number of carbonyl (C=O) groups excluding carboxylic acids is 1. The van der Waals surface area contributed by atoms with Crippen LogP contribution in [-0.4, -0.2) is 49.9 Å². The van der Waals surface area contributed by atoms with Crippen molar-refractivity contribution in [1.82, 2.24) is 19.7 Å². The molecule has 0 radical (unpaired) electrons. The third-order valence-corrected chi connectivity index (χ3v) is 6.45. The van der Waals surface area contributed by atoms with E-state index in [-0.39, 0.29) is 29.6 Å². The Kier molecular flexibility index (Phi) is 4.25. The average molecular weight is 398 g/mol. The van der Waals surface area contributed by atoms with E-state index in [1.165, 1.54) is 23.5 Å². The zero-order valence-electron chi connectivity index (χ0n) is 15.0. The molecule has 2 aliphatic rings. The summed E-state index contributed by atoms with van der Waals surface area (Å²) >= 11 is 1.50. The van der Waals surface area contributed by atoms with Gasteiger partial charge in [-0.05, 0) is 54.5 Å². The summed E-state index contributed by atoms with van der Waals surface area (Å²) in [6.07, 6.45) is 1.41. The number of carbonyl (C=O) groups is 1. The molecule has 1 amide bonds. The topological polar surface area (TPSA) is 71.2 Å². The highest BCUT2D eigenvalue weighted by Crippen LogP contribution is 2.37. The van der Waals surface area contributed by atoms with E-state index in [1.807, 2.05) is 17.5 Å². The molecule has 3 heterocycles. The number of likely N-dealkylation sites (tertiary alicyclic amines) is 1. The number of nitrogens with zero attached hydrogens (tertiary/aromatic N) is 4. The highest BCUT2D eigenvalue weighted by Gasteiger charge is 2.41. The smallest absolute Gasteiger partial charge is 0.293 e. The van der Waals surface area contributed by atoms with Gasteiger partial charge in [0.25, 0.3) is 5.91 Å². The second kappa shape index (κ2) is 6.79. The first-order valence-corrected chi connectivity index (χ1v) is 10.2. The molecular weight excluding hydrogens is 379 g/mol. The molecule has 1 aliphatic carbocycles. The Labute approximate surface area is 165 Å². The number of aliphatic hydroxyl groups is 1. The third kappa shape index (κ3) is 3.02. The van der Waals surface area contributed by atoms with Gasteiger partial charge in [-0.15, -0.1) is 16.4 Å². The van der Waals surface area contributed by atoms with Crippen LogP contribution in [0.3, 0.4) is 0 Å². The van der Waals surface area contributed by atoms with Gasteiger partial charge < -0.3 is 10.0 Å². The monoisotopic (exact) mass is 398 g/mol. The summed E-state index contributed by atoms with van der Waals surface area (Å²) in [5.41, 5.74) is 0.644. The van der Waals surface area contributed by atoms with E-state index in [0.29, 0.717) is 30.5 Å². The van der Waals surface area contributed by atoms with E-state index in [1.54, 1.807) is 21.7 Å². The number of benzene rings is 1. The number of amides is 1. The fraction of sp³-hybridized carbons (Fsp3) is 0.350. The first-order valence-electron chi connectivity index (χ1n) is 9.32. The molecule has 5 rings (SSSR count). The molecule has 1 aliphatic heterocycles. The number of aromatic nitrogens is 3. The van der Waals surface area contributed by atoms with E-state index >= 15 is 0 Å². The quantitative estimate of drug-likeness (QED) is 0.736. The fourth-order valence-corrected chi connectivity index (χ4v) is 4.97. The molecule has 3 unspecified atom stereocenters. The summed E-state index contributed by atoms with van der Waals surface area (Å²) in [5.74, 6) is 0.614. The summed E-state index contributed by atoms with van der Waals surface area (Å²) in [5, 5.41) is 16.5. The van der Waals surface area contributed by atoms with E-state index in [9.17, 15) is 14.3 Å². The predicted octanol–water partition coefficient (Wildman–Crippen LogP) is 2.98. The highest BCUT2D eigenvalue weighted by atomic mass is 32.1. The normalized spacial score (nSPS) is 23.9. The van der Waals surface area contributed by atoms with Crippen molar-refractivity contribution in [3.8, 4) is 16.4 Å². The van der Waals surface area contributed by atoms with Crippen molar-refractivity contribution >= 4 is 17.2 Å². The van der Waals surface area contributed by atoms with Gasteiger partial charge in [0.15, 0.2) is 5.82 Å². The third-order valence-electron chi connectivity index (χ3n) is 5.59. The number of aliphatic hydroxyl groups excluding tert-OH is 1. The Balaban J connectivity index is 1.51. The van der Waals surface area contributed by atoms with Crippen molar-refractivity contribution in [1.29, 1.82) is 0 Å². The van der Waals surface area contributed by atoms with Crippen LogP contribution < -0.4 is 0 Å². The van der Waals surface area contributed by atoms with Crippen LogP contribution in [0.5, 0.6) is 0 Å². The average Bonchev–Trinajstić information content (AvgIpc) is 3.41. The molecule has 3 atom stereocenters. The number of rotatable bonds is 3. The molecule has 8 heteroatoms. The van der Waals surface area contributed by atoms with Gasteiger partial charge in [0.05, 0.1) is 16.7 Å². The largest absolute Gasteiger partial charge is 0.393 e. The number of hydrogen-bond acceptors (Lipinski definition) is 5. The maximum absolute atomic E-state index is 13.3. The summed E-state index contributed by atoms with van der Waals surface area (Å²) in [6.45, 7) is 1.17. The van der Waals surface area contributed by atoms with Crippen LogP contribution in [0.1, 0.15) is 23.5 Å². The fourth-order valence-electron chi connectivity index (χ4n) is 4.27. The van der Waals surface area contributed by atoms with Gasteiger partial charge in [0.2, 0.25) is 5.82 Å². The number of hydrogen-bond donors (Lipinski definition) is 1. The first-order chi connectivity index (χ1) is 13.6. The lowest BCUT2D eigenvalue weighted by Crippen LogP contribution is -2.42. The Morgan fingerprint density at radius 2 is 2.00 bits per heavy atom. The zero-order chi connectivity index (χ0) is 19.3. The Morgan fingerprint density at radius 3 is 2.71 bits per heavy atom. The Morgan fingerprint density at radius 1 is 1.18 bits per heavy atom. The van der Waals surface area contributed by atoms with E-state index in [2.05, 4.69) is 10.1 Å². The van der Waals surface area contributed by atoms with E-state index in [0.717, 1.165) is 17.7 Å². The molecule has 2 fully saturated rings.